The molecule has 3 heteroatoms. The molecule has 0 heterocycles. The van der Waals surface area contributed by atoms with Gasteiger partial charge in [-0.1, -0.05) is 25.8 Å². The second-order valence-electron chi connectivity index (χ2n) is 3.31. The Morgan fingerprint density at radius 2 is 2.21 bits per heavy atom. The molecule has 14 heavy (non-hydrogen) atoms. The highest BCUT2D eigenvalue weighted by Crippen LogP contribution is 1.98. The van der Waals surface area contributed by atoms with Crippen LogP contribution in [0.1, 0.15) is 26.2 Å². The van der Waals surface area contributed by atoms with E-state index in [9.17, 15) is 4.79 Å². The van der Waals surface area contributed by atoms with E-state index in [2.05, 4.69) is 23.1 Å². The molecule has 0 aliphatic rings. The Morgan fingerprint density at radius 3 is 2.71 bits per heavy atom. The minimum atomic E-state index is -0.177. The molecule has 0 N–H and O–H groups in total. The highest BCUT2D eigenvalue weighted by Gasteiger charge is 2.08. The summed E-state index contributed by atoms with van der Waals surface area (Å²) in [7, 11) is 1.42. The number of hydrogen-bond acceptors (Lipinski definition) is 3. The zero-order chi connectivity index (χ0) is 10.8. The van der Waals surface area contributed by atoms with Crippen LogP contribution in [0.25, 0.3) is 0 Å². The molecule has 0 aromatic rings. The first kappa shape index (κ1) is 13.2. The van der Waals surface area contributed by atoms with Crippen molar-refractivity contribution in [2.75, 3.05) is 26.7 Å². The molecule has 0 fully saturated rings. The van der Waals surface area contributed by atoms with Crippen molar-refractivity contribution in [3.8, 4) is 0 Å². The van der Waals surface area contributed by atoms with Gasteiger partial charge in [-0.05, 0) is 13.0 Å². The summed E-state index contributed by atoms with van der Waals surface area (Å²) >= 11 is 0. The first-order valence-corrected chi connectivity index (χ1v) is 5.14. The van der Waals surface area contributed by atoms with Crippen LogP contribution in [0.15, 0.2) is 12.7 Å². The van der Waals surface area contributed by atoms with E-state index in [1.165, 1.54) is 20.0 Å². The van der Waals surface area contributed by atoms with Gasteiger partial charge in [-0.25, -0.2) is 0 Å². The van der Waals surface area contributed by atoms with E-state index < -0.39 is 0 Å². The summed E-state index contributed by atoms with van der Waals surface area (Å²) in [6.07, 6.45) is 5.34. The summed E-state index contributed by atoms with van der Waals surface area (Å²) in [4.78, 5) is 13.1. The number of carbonyl (C=O) groups is 1. The summed E-state index contributed by atoms with van der Waals surface area (Å²) in [6, 6.07) is 0. The lowest BCUT2D eigenvalue weighted by Crippen LogP contribution is -2.31. The van der Waals surface area contributed by atoms with Crippen molar-refractivity contribution in [2.45, 2.75) is 26.2 Å². The number of nitrogens with zero attached hydrogens (tertiary/aromatic N) is 1. The summed E-state index contributed by atoms with van der Waals surface area (Å²) in [5.74, 6) is -0.177. The van der Waals surface area contributed by atoms with Crippen molar-refractivity contribution in [2.24, 2.45) is 0 Å². The number of methoxy groups -OCH3 is 1. The fourth-order valence-electron chi connectivity index (χ4n) is 1.25. The van der Waals surface area contributed by atoms with Crippen molar-refractivity contribution in [3.05, 3.63) is 12.7 Å². The number of carbonyl (C=O) groups excluding carboxylic acids is 1. The number of rotatable bonds is 8. The fourth-order valence-corrected chi connectivity index (χ4v) is 1.25. The van der Waals surface area contributed by atoms with Gasteiger partial charge in [-0.15, -0.1) is 6.58 Å². The molecule has 0 amide bonds. The number of unbranched alkanes of at least 4 members (excludes halogenated alkanes) is 2. The van der Waals surface area contributed by atoms with E-state index in [-0.39, 0.29) is 5.97 Å². The van der Waals surface area contributed by atoms with Crippen molar-refractivity contribution in [1.82, 2.24) is 4.90 Å². The molecular weight excluding hydrogens is 178 g/mol. The van der Waals surface area contributed by atoms with Crippen LogP contribution in [0.4, 0.5) is 0 Å². The van der Waals surface area contributed by atoms with Crippen LogP contribution in [-0.2, 0) is 9.53 Å². The number of ether oxygens (including phenoxy) is 1. The molecule has 0 rings (SSSR count). The monoisotopic (exact) mass is 199 g/mol. The van der Waals surface area contributed by atoms with Gasteiger partial charge in [0.2, 0.25) is 0 Å². The highest BCUT2D eigenvalue weighted by molar-refractivity contribution is 5.71. The Balaban J connectivity index is 3.76. The molecule has 0 spiro atoms. The predicted octanol–water partition coefficient (Wildman–Crippen LogP) is 1.84. The second-order valence-corrected chi connectivity index (χ2v) is 3.31. The zero-order valence-electron chi connectivity index (χ0n) is 9.29. The molecule has 0 aromatic carbocycles. The Hall–Kier alpha value is -0.830. The summed E-state index contributed by atoms with van der Waals surface area (Å²) in [5.41, 5.74) is 0. The largest absolute Gasteiger partial charge is 0.468 e. The normalized spacial score (nSPS) is 10.2. The molecule has 0 saturated carbocycles. The summed E-state index contributed by atoms with van der Waals surface area (Å²) in [6.45, 7) is 7.89. The molecule has 0 bridgehead atoms. The molecule has 82 valence electrons. The van der Waals surface area contributed by atoms with Crippen molar-refractivity contribution in [1.29, 1.82) is 0 Å². The molecule has 0 atom stereocenters. The maximum atomic E-state index is 11.0. The topological polar surface area (TPSA) is 29.5 Å². The van der Waals surface area contributed by atoms with Crippen LogP contribution >= 0.6 is 0 Å². The van der Waals surface area contributed by atoms with Crippen LogP contribution < -0.4 is 0 Å². The predicted molar refractivity (Wildman–Crippen MR) is 58.2 cm³/mol. The van der Waals surface area contributed by atoms with E-state index in [4.69, 9.17) is 0 Å². The number of hydrogen-bond donors (Lipinski definition) is 0. The van der Waals surface area contributed by atoms with E-state index in [0.29, 0.717) is 6.54 Å². The van der Waals surface area contributed by atoms with Gasteiger partial charge in [0.25, 0.3) is 0 Å². The van der Waals surface area contributed by atoms with Crippen LogP contribution in [0.2, 0.25) is 0 Å². The van der Waals surface area contributed by atoms with Gasteiger partial charge in [0, 0.05) is 6.54 Å². The molecule has 0 aliphatic heterocycles. The van der Waals surface area contributed by atoms with Crippen LogP contribution in [0.3, 0.4) is 0 Å². The van der Waals surface area contributed by atoms with Crippen LogP contribution in [0.5, 0.6) is 0 Å². The first-order valence-electron chi connectivity index (χ1n) is 5.14. The Bertz CT molecular complexity index is 169. The van der Waals surface area contributed by atoms with Gasteiger partial charge in [-0.3, -0.25) is 9.69 Å². The average Bonchev–Trinajstić information content (AvgIpc) is 2.18. The third-order valence-corrected chi connectivity index (χ3v) is 2.05. The van der Waals surface area contributed by atoms with Gasteiger partial charge in [0.1, 0.15) is 0 Å². The lowest BCUT2D eigenvalue weighted by molar-refractivity contribution is -0.141. The molecular formula is C11H21NO2. The number of esters is 1. The minimum Gasteiger partial charge on any atom is -0.468 e. The molecule has 0 unspecified atom stereocenters. The molecule has 0 aliphatic carbocycles. The van der Waals surface area contributed by atoms with Crippen molar-refractivity contribution < 1.29 is 9.53 Å². The van der Waals surface area contributed by atoms with Crippen molar-refractivity contribution >= 4 is 5.97 Å². The third kappa shape index (κ3) is 6.66. The lowest BCUT2D eigenvalue weighted by atomic mass is 10.2. The SMILES string of the molecule is C=CCN(CCCCC)CC(=O)OC. The maximum Gasteiger partial charge on any atom is 0.319 e. The van der Waals surface area contributed by atoms with Gasteiger partial charge >= 0.3 is 5.97 Å². The smallest absolute Gasteiger partial charge is 0.319 e. The molecule has 0 aromatic heterocycles. The first-order chi connectivity index (χ1) is 6.74. The molecule has 0 radical (unpaired) electrons. The van der Waals surface area contributed by atoms with Crippen molar-refractivity contribution in [3.63, 3.8) is 0 Å². The van der Waals surface area contributed by atoms with Crippen LogP contribution in [-0.4, -0.2) is 37.6 Å². The maximum absolute atomic E-state index is 11.0. The average molecular weight is 199 g/mol. The Morgan fingerprint density at radius 1 is 1.50 bits per heavy atom. The highest BCUT2D eigenvalue weighted by atomic mass is 16.5. The lowest BCUT2D eigenvalue weighted by Gasteiger charge is -2.18. The standard InChI is InChI=1S/C11H21NO2/c1-4-6-7-9-12(8-5-2)10-11(13)14-3/h5H,2,4,6-10H2,1,3H3. The zero-order valence-corrected chi connectivity index (χ0v) is 9.29. The quantitative estimate of drug-likeness (QED) is 0.339. The molecule has 0 saturated heterocycles. The van der Waals surface area contributed by atoms with Crippen LogP contribution in [0, 0.1) is 0 Å². The van der Waals surface area contributed by atoms with Gasteiger partial charge < -0.3 is 4.74 Å². The van der Waals surface area contributed by atoms with E-state index in [1.54, 1.807) is 0 Å². The van der Waals surface area contributed by atoms with Gasteiger partial charge in [0.15, 0.2) is 0 Å². The molecule has 3 nitrogen and oxygen atoms in total. The minimum absolute atomic E-state index is 0.177. The fraction of sp³-hybridized carbons (Fsp3) is 0.727. The van der Waals surface area contributed by atoms with Gasteiger partial charge in [-0.2, -0.15) is 0 Å². The second kappa shape index (κ2) is 8.75. The van der Waals surface area contributed by atoms with E-state index in [0.717, 1.165) is 19.5 Å². The Kier molecular flexibility index (Phi) is 8.24. The summed E-state index contributed by atoms with van der Waals surface area (Å²) in [5, 5.41) is 0. The Labute approximate surface area is 86.7 Å². The van der Waals surface area contributed by atoms with E-state index >= 15 is 0 Å². The summed E-state index contributed by atoms with van der Waals surface area (Å²) < 4.78 is 4.62. The van der Waals surface area contributed by atoms with E-state index in [1.807, 2.05) is 6.08 Å². The third-order valence-electron chi connectivity index (χ3n) is 2.05. The van der Waals surface area contributed by atoms with Gasteiger partial charge in [0.05, 0.1) is 13.7 Å².